The summed E-state index contributed by atoms with van der Waals surface area (Å²) < 4.78 is 5.19. The van der Waals surface area contributed by atoms with Crippen LogP contribution in [0.5, 0.6) is 5.75 Å². The van der Waals surface area contributed by atoms with Crippen molar-refractivity contribution in [1.82, 2.24) is 4.98 Å². The smallest absolute Gasteiger partial charge is 0.119 e. The second-order valence-electron chi connectivity index (χ2n) is 3.84. The highest BCUT2D eigenvalue weighted by molar-refractivity contribution is 5.91. The Hall–Kier alpha value is -1.97. The normalized spacial score (nSPS) is 10.6. The van der Waals surface area contributed by atoms with Crippen LogP contribution in [0.1, 0.15) is 11.3 Å². The maximum atomic E-state index is 7.37. The molecule has 0 bridgehead atoms. The van der Waals surface area contributed by atoms with Crippen molar-refractivity contribution >= 4 is 16.7 Å². The summed E-state index contributed by atoms with van der Waals surface area (Å²) >= 11 is 0. The Balaban J connectivity index is 2.61. The van der Waals surface area contributed by atoms with Gasteiger partial charge >= 0.3 is 0 Å². The number of rotatable bonds is 3. The maximum Gasteiger partial charge on any atom is 0.119 e. The lowest BCUT2D eigenvalue weighted by molar-refractivity contribution is 0.415. The van der Waals surface area contributed by atoms with E-state index in [9.17, 15) is 0 Å². The van der Waals surface area contributed by atoms with Crippen LogP contribution >= 0.6 is 0 Å². The van der Waals surface area contributed by atoms with Gasteiger partial charge in [-0.25, -0.2) is 0 Å². The summed E-state index contributed by atoms with van der Waals surface area (Å²) in [5, 5.41) is 8.45. The van der Waals surface area contributed by atoms with E-state index in [2.05, 4.69) is 4.98 Å². The molecule has 4 N–H and O–H groups in total. The number of aromatic nitrogens is 1. The SMILES string of the molecule is COc1ccc2[nH]c(C)c(CC(=N)N)c2c1. The number of hydrogen-bond donors (Lipinski definition) is 3. The van der Waals surface area contributed by atoms with Crippen molar-refractivity contribution in [1.29, 1.82) is 5.41 Å². The molecule has 0 fully saturated rings. The van der Waals surface area contributed by atoms with Gasteiger partial charge in [-0.1, -0.05) is 0 Å². The Morgan fingerprint density at radius 3 is 2.88 bits per heavy atom. The standard InChI is InChI=1S/C12H15N3O/c1-7-9(6-12(13)14)10-5-8(16-2)3-4-11(10)15-7/h3-5,15H,6H2,1-2H3,(H3,13,14). The number of aromatic amines is 1. The predicted octanol–water partition coefficient (Wildman–Crippen LogP) is 1.96. The van der Waals surface area contributed by atoms with Gasteiger partial charge in [0.05, 0.1) is 12.9 Å². The molecular weight excluding hydrogens is 202 g/mol. The van der Waals surface area contributed by atoms with E-state index in [0.717, 1.165) is 27.9 Å². The lowest BCUT2D eigenvalue weighted by Gasteiger charge is -2.02. The number of nitrogens with one attached hydrogen (secondary N) is 2. The predicted molar refractivity (Wildman–Crippen MR) is 65.2 cm³/mol. The molecule has 16 heavy (non-hydrogen) atoms. The number of ether oxygens (including phenoxy) is 1. The van der Waals surface area contributed by atoms with Crippen molar-refractivity contribution in [3.63, 3.8) is 0 Å². The Morgan fingerprint density at radius 1 is 1.50 bits per heavy atom. The second-order valence-corrected chi connectivity index (χ2v) is 3.84. The number of aryl methyl sites for hydroxylation is 1. The van der Waals surface area contributed by atoms with Gasteiger partial charge in [-0.3, -0.25) is 5.41 Å². The molecule has 0 amide bonds. The molecule has 0 saturated heterocycles. The van der Waals surface area contributed by atoms with Gasteiger partial charge in [0.15, 0.2) is 0 Å². The quantitative estimate of drug-likeness (QED) is 0.543. The van der Waals surface area contributed by atoms with Crippen LogP contribution < -0.4 is 10.5 Å². The van der Waals surface area contributed by atoms with Crippen LogP contribution in [-0.2, 0) is 6.42 Å². The molecule has 4 nitrogen and oxygen atoms in total. The van der Waals surface area contributed by atoms with Crippen molar-refractivity contribution in [2.24, 2.45) is 5.73 Å². The first-order chi connectivity index (χ1) is 7.61. The van der Waals surface area contributed by atoms with Crippen LogP contribution in [0.2, 0.25) is 0 Å². The monoisotopic (exact) mass is 217 g/mol. The van der Waals surface area contributed by atoms with Crippen molar-refractivity contribution in [3.8, 4) is 5.75 Å². The van der Waals surface area contributed by atoms with E-state index in [1.807, 2.05) is 25.1 Å². The number of H-pyrrole nitrogens is 1. The summed E-state index contributed by atoms with van der Waals surface area (Å²) in [6.45, 7) is 1.99. The van der Waals surface area contributed by atoms with Crippen molar-refractivity contribution < 1.29 is 4.74 Å². The number of fused-ring (bicyclic) bond motifs is 1. The number of amidine groups is 1. The molecule has 0 aliphatic carbocycles. The highest BCUT2D eigenvalue weighted by Gasteiger charge is 2.10. The zero-order valence-corrected chi connectivity index (χ0v) is 9.42. The van der Waals surface area contributed by atoms with Gasteiger partial charge < -0.3 is 15.5 Å². The number of nitrogens with two attached hydrogens (primary N) is 1. The van der Waals surface area contributed by atoms with Gasteiger partial charge in [0.2, 0.25) is 0 Å². The number of benzene rings is 1. The van der Waals surface area contributed by atoms with Crippen molar-refractivity contribution in [3.05, 3.63) is 29.5 Å². The van der Waals surface area contributed by atoms with Crippen LogP contribution in [0.25, 0.3) is 10.9 Å². The van der Waals surface area contributed by atoms with E-state index in [1.54, 1.807) is 7.11 Å². The molecular formula is C12H15N3O. The third kappa shape index (κ3) is 1.74. The number of methoxy groups -OCH3 is 1. The summed E-state index contributed by atoms with van der Waals surface area (Å²) in [7, 11) is 1.64. The van der Waals surface area contributed by atoms with Crippen LogP contribution in [0.4, 0.5) is 0 Å². The molecule has 0 saturated carbocycles. The van der Waals surface area contributed by atoms with E-state index in [0.29, 0.717) is 6.42 Å². The first-order valence-corrected chi connectivity index (χ1v) is 5.10. The first-order valence-electron chi connectivity index (χ1n) is 5.10. The summed E-state index contributed by atoms with van der Waals surface area (Å²) in [6, 6.07) is 5.86. The molecule has 84 valence electrons. The van der Waals surface area contributed by atoms with E-state index in [1.165, 1.54) is 0 Å². The third-order valence-electron chi connectivity index (χ3n) is 2.69. The highest BCUT2D eigenvalue weighted by Crippen LogP contribution is 2.26. The van der Waals surface area contributed by atoms with E-state index < -0.39 is 0 Å². The summed E-state index contributed by atoms with van der Waals surface area (Å²) in [4.78, 5) is 3.28. The topological polar surface area (TPSA) is 74.9 Å². The first kappa shape index (κ1) is 10.5. The maximum absolute atomic E-state index is 7.37. The summed E-state index contributed by atoms with van der Waals surface area (Å²) in [5.41, 5.74) is 8.63. The molecule has 0 aliphatic rings. The van der Waals surface area contributed by atoms with Gasteiger partial charge in [0, 0.05) is 23.0 Å². The molecule has 4 heteroatoms. The minimum Gasteiger partial charge on any atom is -0.497 e. The van der Waals surface area contributed by atoms with Crippen LogP contribution in [0, 0.1) is 12.3 Å². The fraction of sp³-hybridized carbons (Fsp3) is 0.250. The van der Waals surface area contributed by atoms with E-state index in [4.69, 9.17) is 15.9 Å². The van der Waals surface area contributed by atoms with E-state index >= 15 is 0 Å². The molecule has 0 radical (unpaired) electrons. The Labute approximate surface area is 93.9 Å². The fourth-order valence-corrected chi connectivity index (χ4v) is 1.91. The third-order valence-corrected chi connectivity index (χ3v) is 2.69. The van der Waals surface area contributed by atoms with Crippen molar-refractivity contribution in [2.45, 2.75) is 13.3 Å². The molecule has 1 aromatic carbocycles. The zero-order chi connectivity index (χ0) is 11.7. The number of hydrogen-bond acceptors (Lipinski definition) is 2. The van der Waals surface area contributed by atoms with Crippen LogP contribution in [0.3, 0.4) is 0 Å². The Kier molecular flexibility index (Phi) is 2.56. The highest BCUT2D eigenvalue weighted by atomic mass is 16.5. The zero-order valence-electron chi connectivity index (χ0n) is 9.42. The molecule has 0 aliphatic heterocycles. The molecule has 0 unspecified atom stereocenters. The van der Waals surface area contributed by atoms with Gasteiger partial charge in [-0.2, -0.15) is 0 Å². The van der Waals surface area contributed by atoms with E-state index in [-0.39, 0.29) is 5.84 Å². The lowest BCUT2D eigenvalue weighted by Crippen LogP contribution is -2.13. The van der Waals surface area contributed by atoms with Gasteiger partial charge in [-0.15, -0.1) is 0 Å². The largest absolute Gasteiger partial charge is 0.497 e. The molecule has 2 rings (SSSR count). The molecule has 1 heterocycles. The minimum absolute atomic E-state index is 0.173. The summed E-state index contributed by atoms with van der Waals surface area (Å²) in [5.74, 6) is 0.989. The Morgan fingerprint density at radius 2 is 2.25 bits per heavy atom. The molecule has 0 spiro atoms. The van der Waals surface area contributed by atoms with Gasteiger partial charge in [-0.05, 0) is 30.7 Å². The van der Waals surface area contributed by atoms with Crippen LogP contribution in [0.15, 0.2) is 18.2 Å². The molecule has 2 aromatic rings. The molecule has 0 atom stereocenters. The Bertz CT molecular complexity index is 542. The van der Waals surface area contributed by atoms with Gasteiger partial charge in [0.25, 0.3) is 0 Å². The second kappa shape index (κ2) is 3.89. The van der Waals surface area contributed by atoms with Crippen molar-refractivity contribution in [2.75, 3.05) is 7.11 Å². The van der Waals surface area contributed by atoms with Gasteiger partial charge in [0.1, 0.15) is 5.75 Å². The average molecular weight is 217 g/mol. The lowest BCUT2D eigenvalue weighted by atomic mass is 10.1. The molecule has 1 aromatic heterocycles. The van der Waals surface area contributed by atoms with Crippen LogP contribution in [-0.4, -0.2) is 17.9 Å². The average Bonchev–Trinajstić information content (AvgIpc) is 2.54. The minimum atomic E-state index is 0.173. The fourth-order valence-electron chi connectivity index (χ4n) is 1.91. The summed E-state index contributed by atoms with van der Waals surface area (Å²) in [6.07, 6.45) is 0.471.